The molecule has 2 unspecified atom stereocenters. The van der Waals surface area contributed by atoms with Crippen LogP contribution in [0.15, 0.2) is 33.6 Å². The molecule has 2 rings (SSSR count). The maximum Gasteiger partial charge on any atom is 0.236 e. The van der Waals surface area contributed by atoms with Crippen molar-refractivity contribution in [1.29, 1.82) is 0 Å². The molecule has 0 bridgehead atoms. The van der Waals surface area contributed by atoms with Crippen molar-refractivity contribution in [3.63, 3.8) is 0 Å². The maximum absolute atomic E-state index is 12.6. The van der Waals surface area contributed by atoms with Crippen molar-refractivity contribution in [1.82, 2.24) is 10.6 Å². The predicted molar refractivity (Wildman–Crippen MR) is 92.7 cm³/mol. The lowest BCUT2D eigenvalue weighted by atomic mass is 9.94. The van der Waals surface area contributed by atoms with E-state index >= 15 is 0 Å². The molecule has 1 fully saturated rings. The summed E-state index contributed by atoms with van der Waals surface area (Å²) in [6.45, 7) is 8.09. The number of halogens is 1. The fourth-order valence-corrected chi connectivity index (χ4v) is 3.65. The van der Waals surface area contributed by atoms with E-state index in [1.165, 1.54) is 0 Å². The SMILES string of the molecule is CC1CCNCC1NC(=O)C(C)(C)Sc1ccc(Br)cc1. The van der Waals surface area contributed by atoms with Crippen LogP contribution in [0.25, 0.3) is 0 Å². The Hall–Kier alpha value is -0.520. The maximum atomic E-state index is 12.6. The highest BCUT2D eigenvalue weighted by Crippen LogP contribution is 2.33. The number of hydrogen-bond acceptors (Lipinski definition) is 3. The summed E-state index contributed by atoms with van der Waals surface area (Å²) < 4.78 is 0.571. The highest BCUT2D eigenvalue weighted by Gasteiger charge is 2.32. The van der Waals surface area contributed by atoms with E-state index in [1.54, 1.807) is 11.8 Å². The molecule has 0 spiro atoms. The van der Waals surface area contributed by atoms with E-state index in [1.807, 2.05) is 38.1 Å². The molecule has 116 valence electrons. The molecule has 1 aromatic rings. The Morgan fingerprint density at radius 3 is 2.67 bits per heavy atom. The molecule has 1 amide bonds. The first-order chi connectivity index (χ1) is 9.88. The molecule has 1 aliphatic rings. The zero-order valence-corrected chi connectivity index (χ0v) is 15.2. The van der Waals surface area contributed by atoms with Crippen LogP contribution in [0.2, 0.25) is 0 Å². The Balaban J connectivity index is 1.97. The molecule has 1 saturated heterocycles. The summed E-state index contributed by atoms with van der Waals surface area (Å²) >= 11 is 5.03. The van der Waals surface area contributed by atoms with Crippen LogP contribution in [-0.4, -0.2) is 29.8 Å². The molecule has 21 heavy (non-hydrogen) atoms. The van der Waals surface area contributed by atoms with Crippen LogP contribution in [0.1, 0.15) is 27.2 Å². The zero-order chi connectivity index (χ0) is 15.5. The van der Waals surface area contributed by atoms with Gasteiger partial charge < -0.3 is 10.6 Å². The number of amides is 1. The van der Waals surface area contributed by atoms with Gasteiger partial charge in [0.05, 0.1) is 4.75 Å². The molecule has 1 aliphatic heterocycles. The van der Waals surface area contributed by atoms with Crippen molar-refractivity contribution in [2.75, 3.05) is 13.1 Å². The molecule has 2 N–H and O–H groups in total. The van der Waals surface area contributed by atoms with Gasteiger partial charge in [-0.05, 0) is 57.0 Å². The van der Waals surface area contributed by atoms with E-state index in [9.17, 15) is 4.79 Å². The quantitative estimate of drug-likeness (QED) is 0.797. The third-order valence-corrected chi connectivity index (χ3v) is 5.61. The van der Waals surface area contributed by atoms with E-state index in [0.717, 1.165) is 28.9 Å². The topological polar surface area (TPSA) is 41.1 Å². The van der Waals surface area contributed by atoms with E-state index in [2.05, 4.69) is 33.5 Å². The summed E-state index contributed by atoms with van der Waals surface area (Å²) in [5, 5.41) is 6.56. The lowest BCUT2D eigenvalue weighted by molar-refractivity contribution is -0.123. The second-order valence-electron chi connectivity index (χ2n) is 6.12. The number of benzene rings is 1. The van der Waals surface area contributed by atoms with Crippen molar-refractivity contribution in [2.45, 2.75) is 42.9 Å². The van der Waals surface area contributed by atoms with Gasteiger partial charge in [-0.3, -0.25) is 4.79 Å². The summed E-state index contributed by atoms with van der Waals surface area (Å²) in [6, 6.07) is 8.31. The fraction of sp³-hybridized carbons (Fsp3) is 0.562. The molecule has 5 heteroatoms. The number of piperidine rings is 1. The van der Waals surface area contributed by atoms with Crippen LogP contribution in [0.3, 0.4) is 0 Å². The third-order valence-electron chi connectivity index (χ3n) is 3.88. The average molecular weight is 371 g/mol. The molecule has 0 saturated carbocycles. The molecule has 1 heterocycles. The van der Waals surface area contributed by atoms with Crippen LogP contribution in [-0.2, 0) is 4.79 Å². The standard InChI is InChI=1S/C16H23BrN2OS/c1-11-8-9-18-10-14(11)19-15(20)16(2,3)21-13-6-4-12(17)5-7-13/h4-7,11,14,18H,8-10H2,1-3H3,(H,19,20). The number of rotatable bonds is 4. The van der Waals surface area contributed by atoms with E-state index in [4.69, 9.17) is 0 Å². The van der Waals surface area contributed by atoms with Crippen LogP contribution < -0.4 is 10.6 Å². The highest BCUT2D eigenvalue weighted by molar-refractivity contribution is 9.10. The fourth-order valence-electron chi connectivity index (χ4n) is 2.37. The molecule has 3 nitrogen and oxygen atoms in total. The summed E-state index contributed by atoms with van der Waals surface area (Å²) in [5.41, 5.74) is 0. The van der Waals surface area contributed by atoms with E-state index < -0.39 is 4.75 Å². The lowest BCUT2D eigenvalue weighted by Gasteiger charge is -2.33. The molecule has 0 aliphatic carbocycles. The minimum atomic E-state index is -0.481. The van der Waals surface area contributed by atoms with Gasteiger partial charge in [-0.25, -0.2) is 0 Å². The molecule has 0 radical (unpaired) electrons. The zero-order valence-electron chi connectivity index (χ0n) is 12.8. The molecule has 0 aromatic heterocycles. The smallest absolute Gasteiger partial charge is 0.236 e. The van der Waals surface area contributed by atoms with Crippen molar-refractivity contribution in [3.05, 3.63) is 28.7 Å². The normalized spacial score (nSPS) is 22.9. The lowest BCUT2D eigenvalue weighted by Crippen LogP contribution is -2.54. The Morgan fingerprint density at radius 2 is 2.05 bits per heavy atom. The molecule has 1 aromatic carbocycles. The van der Waals surface area contributed by atoms with Crippen LogP contribution in [0.4, 0.5) is 0 Å². The van der Waals surface area contributed by atoms with Gasteiger partial charge in [0.25, 0.3) is 0 Å². The van der Waals surface area contributed by atoms with Gasteiger partial charge >= 0.3 is 0 Å². The third kappa shape index (κ3) is 4.73. The summed E-state index contributed by atoms with van der Waals surface area (Å²) in [6.07, 6.45) is 1.12. The number of thioether (sulfide) groups is 1. The van der Waals surface area contributed by atoms with Crippen molar-refractivity contribution in [3.8, 4) is 0 Å². The summed E-state index contributed by atoms with van der Waals surface area (Å²) in [4.78, 5) is 13.7. The van der Waals surface area contributed by atoms with Gasteiger partial charge in [-0.2, -0.15) is 0 Å². The second kappa shape index (κ2) is 7.16. The van der Waals surface area contributed by atoms with Gasteiger partial charge in [-0.15, -0.1) is 11.8 Å². The van der Waals surface area contributed by atoms with Gasteiger partial charge in [0.15, 0.2) is 0 Å². The highest BCUT2D eigenvalue weighted by atomic mass is 79.9. The number of carbonyl (C=O) groups excluding carboxylic acids is 1. The predicted octanol–water partition coefficient (Wildman–Crippen LogP) is 3.43. The minimum Gasteiger partial charge on any atom is -0.351 e. The van der Waals surface area contributed by atoms with Gasteiger partial charge in [0.2, 0.25) is 5.91 Å². The first kappa shape index (κ1) is 16.8. The van der Waals surface area contributed by atoms with Gasteiger partial charge in [0.1, 0.15) is 0 Å². The summed E-state index contributed by atoms with van der Waals surface area (Å²) in [5.74, 6) is 0.639. The molecule has 2 atom stereocenters. The largest absolute Gasteiger partial charge is 0.351 e. The van der Waals surface area contributed by atoms with Crippen molar-refractivity contribution < 1.29 is 4.79 Å². The first-order valence-electron chi connectivity index (χ1n) is 7.35. The van der Waals surface area contributed by atoms with Crippen LogP contribution in [0, 0.1) is 5.92 Å². The van der Waals surface area contributed by atoms with Gasteiger partial charge in [-0.1, -0.05) is 22.9 Å². The summed E-state index contributed by atoms with van der Waals surface area (Å²) in [7, 11) is 0. The van der Waals surface area contributed by atoms with Gasteiger partial charge in [0, 0.05) is 22.0 Å². The number of hydrogen-bond donors (Lipinski definition) is 2. The van der Waals surface area contributed by atoms with Crippen molar-refractivity contribution >= 4 is 33.6 Å². The number of carbonyl (C=O) groups is 1. The number of nitrogens with one attached hydrogen (secondary N) is 2. The van der Waals surface area contributed by atoms with Crippen LogP contribution >= 0.6 is 27.7 Å². The Bertz CT molecular complexity index is 490. The monoisotopic (exact) mass is 370 g/mol. The average Bonchev–Trinajstić information content (AvgIpc) is 2.43. The van der Waals surface area contributed by atoms with E-state index in [-0.39, 0.29) is 11.9 Å². The minimum absolute atomic E-state index is 0.107. The van der Waals surface area contributed by atoms with Crippen LogP contribution in [0.5, 0.6) is 0 Å². The molecular formula is C16H23BrN2OS. The van der Waals surface area contributed by atoms with E-state index in [0.29, 0.717) is 5.92 Å². The first-order valence-corrected chi connectivity index (χ1v) is 8.96. The Kier molecular flexibility index (Phi) is 5.74. The Labute approximate surface area is 139 Å². The molecular weight excluding hydrogens is 348 g/mol. The Morgan fingerprint density at radius 1 is 1.38 bits per heavy atom. The van der Waals surface area contributed by atoms with Crippen molar-refractivity contribution in [2.24, 2.45) is 5.92 Å². The second-order valence-corrected chi connectivity index (χ2v) is 8.73.